The molecule has 1 aromatic heterocycles. The minimum Gasteiger partial charge on any atom is -0.481 e. The summed E-state index contributed by atoms with van der Waals surface area (Å²) in [7, 11) is 1.54. The lowest BCUT2D eigenvalue weighted by Crippen LogP contribution is -2.36. The number of benzene rings is 1. The Bertz CT molecular complexity index is 769. The largest absolute Gasteiger partial charge is 0.481 e. The minimum absolute atomic E-state index is 0.103. The first-order chi connectivity index (χ1) is 12.0. The Labute approximate surface area is 144 Å². The zero-order valence-electron chi connectivity index (χ0n) is 13.9. The summed E-state index contributed by atoms with van der Waals surface area (Å²) in [6.45, 7) is 2.87. The number of urea groups is 1. The van der Waals surface area contributed by atoms with Crippen molar-refractivity contribution in [3.63, 3.8) is 0 Å². The molecule has 2 aromatic rings. The van der Waals surface area contributed by atoms with Gasteiger partial charge in [0.1, 0.15) is 5.52 Å². The fourth-order valence-electron chi connectivity index (χ4n) is 2.46. The molecule has 25 heavy (non-hydrogen) atoms. The van der Waals surface area contributed by atoms with Crippen LogP contribution in [0.2, 0.25) is 0 Å². The molecule has 1 aliphatic heterocycles. The van der Waals surface area contributed by atoms with Crippen molar-refractivity contribution < 1.29 is 23.8 Å². The Kier molecular flexibility index (Phi) is 5.03. The summed E-state index contributed by atoms with van der Waals surface area (Å²) < 4.78 is 11.1. The molecule has 0 radical (unpaired) electrons. The number of morpholine rings is 1. The standard InChI is InChI=1S/C16H20N4O5/c1-19(5-4-14(21)22)15(23)17-11-2-3-12-13(10-11)25-16(18-12)20-6-8-24-9-7-20/h2-3,10H,4-9H2,1H3,(H,17,23)(H,21,22). The van der Waals surface area contributed by atoms with Crippen molar-refractivity contribution in [2.24, 2.45) is 0 Å². The second-order valence-corrected chi connectivity index (χ2v) is 5.77. The summed E-state index contributed by atoms with van der Waals surface area (Å²) in [6.07, 6.45) is -0.103. The quantitative estimate of drug-likeness (QED) is 0.845. The lowest BCUT2D eigenvalue weighted by Gasteiger charge is -2.24. The second kappa shape index (κ2) is 7.39. The number of fused-ring (bicyclic) bond motifs is 1. The molecule has 9 heteroatoms. The highest BCUT2D eigenvalue weighted by atomic mass is 16.5. The summed E-state index contributed by atoms with van der Waals surface area (Å²) in [5.41, 5.74) is 1.84. The van der Waals surface area contributed by atoms with Crippen molar-refractivity contribution in [2.45, 2.75) is 6.42 Å². The molecule has 3 rings (SSSR count). The zero-order chi connectivity index (χ0) is 17.8. The van der Waals surface area contributed by atoms with E-state index in [2.05, 4.69) is 10.3 Å². The first kappa shape index (κ1) is 17.0. The molecule has 134 valence electrons. The van der Waals surface area contributed by atoms with Crippen molar-refractivity contribution in [1.29, 1.82) is 0 Å². The molecule has 2 N–H and O–H groups in total. The van der Waals surface area contributed by atoms with E-state index in [1.807, 2.05) is 4.90 Å². The molecule has 0 spiro atoms. The molecule has 1 aromatic carbocycles. The number of carbonyl (C=O) groups is 2. The maximum Gasteiger partial charge on any atom is 0.321 e. The summed E-state index contributed by atoms with van der Waals surface area (Å²) in [6, 6.07) is 5.37. The van der Waals surface area contributed by atoms with Gasteiger partial charge in [-0.1, -0.05) is 0 Å². The number of carboxylic acid groups (broad SMARTS) is 1. The first-order valence-corrected chi connectivity index (χ1v) is 8.00. The highest BCUT2D eigenvalue weighted by Crippen LogP contribution is 2.25. The van der Waals surface area contributed by atoms with Crippen LogP contribution in [0.1, 0.15) is 6.42 Å². The van der Waals surface area contributed by atoms with Gasteiger partial charge in [0.25, 0.3) is 6.01 Å². The number of oxazole rings is 1. The van der Waals surface area contributed by atoms with Crippen LogP contribution < -0.4 is 10.2 Å². The summed E-state index contributed by atoms with van der Waals surface area (Å²) in [4.78, 5) is 30.4. The number of amides is 2. The van der Waals surface area contributed by atoms with E-state index in [4.69, 9.17) is 14.3 Å². The molecule has 2 heterocycles. The first-order valence-electron chi connectivity index (χ1n) is 8.00. The number of ether oxygens (including phenoxy) is 1. The van der Waals surface area contributed by atoms with Gasteiger partial charge in [0, 0.05) is 38.4 Å². The summed E-state index contributed by atoms with van der Waals surface area (Å²) in [5.74, 6) is -0.946. The SMILES string of the molecule is CN(CCC(=O)O)C(=O)Nc1ccc2nc(N3CCOCC3)oc2c1. The molecule has 0 atom stereocenters. The molecular formula is C16H20N4O5. The van der Waals surface area contributed by atoms with Gasteiger partial charge in [-0.2, -0.15) is 4.98 Å². The van der Waals surface area contributed by atoms with Gasteiger partial charge >= 0.3 is 12.0 Å². The Hall–Kier alpha value is -2.81. The monoisotopic (exact) mass is 348 g/mol. The number of aliphatic carboxylic acids is 1. The number of hydrogen-bond donors (Lipinski definition) is 2. The number of anilines is 2. The molecular weight excluding hydrogens is 328 g/mol. The topological polar surface area (TPSA) is 108 Å². The predicted molar refractivity (Wildman–Crippen MR) is 90.9 cm³/mol. The van der Waals surface area contributed by atoms with Crippen LogP contribution in [0.4, 0.5) is 16.5 Å². The summed E-state index contributed by atoms with van der Waals surface area (Å²) in [5, 5.41) is 11.4. The van der Waals surface area contributed by atoms with Gasteiger partial charge in [-0.25, -0.2) is 4.79 Å². The van der Waals surface area contributed by atoms with Gasteiger partial charge in [0.05, 0.1) is 19.6 Å². The van der Waals surface area contributed by atoms with Gasteiger partial charge in [-0.15, -0.1) is 0 Å². The average molecular weight is 348 g/mol. The maximum absolute atomic E-state index is 12.1. The maximum atomic E-state index is 12.1. The van der Waals surface area contributed by atoms with Crippen molar-refractivity contribution in [1.82, 2.24) is 9.88 Å². The minimum atomic E-state index is -0.946. The third-order valence-corrected chi connectivity index (χ3v) is 3.92. The Morgan fingerprint density at radius 3 is 2.84 bits per heavy atom. The highest BCUT2D eigenvalue weighted by Gasteiger charge is 2.17. The Morgan fingerprint density at radius 1 is 1.36 bits per heavy atom. The zero-order valence-corrected chi connectivity index (χ0v) is 13.9. The predicted octanol–water partition coefficient (Wildman–Crippen LogP) is 1.60. The van der Waals surface area contributed by atoms with E-state index in [0.29, 0.717) is 36.0 Å². The molecule has 2 amide bonds. The van der Waals surface area contributed by atoms with Crippen molar-refractivity contribution in [2.75, 3.05) is 50.1 Å². The van der Waals surface area contributed by atoms with E-state index in [0.717, 1.165) is 13.1 Å². The van der Waals surface area contributed by atoms with Gasteiger partial charge < -0.3 is 29.4 Å². The molecule has 1 fully saturated rings. The van der Waals surface area contributed by atoms with Gasteiger partial charge in [0.15, 0.2) is 5.58 Å². The smallest absolute Gasteiger partial charge is 0.321 e. The number of nitrogens with zero attached hydrogens (tertiary/aromatic N) is 3. The Balaban J connectivity index is 1.68. The van der Waals surface area contributed by atoms with E-state index in [1.54, 1.807) is 25.2 Å². The van der Waals surface area contributed by atoms with Crippen LogP contribution in [0.5, 0.6) is 0 Å². The van der Waals surface area contributed by atoms with E-state index in [1.165, 1.54) is 4.90 Å². The van der Waals surface area contributed by atoms with Crippen LogP contribution in [-0.4, -0.2) is 66.9 Å². The van der Waals surface area contributed by atoms with Crippen LogP contribution in [0.3, 0.4) is 0 Å². The number of carbonyl (C=O) groups excluding carboxylic acids is 1. The third kappa shape index (κ3) is 4.18. The highest BCUT2D eigenvalue weighted by molar-refractivity contribution is 5.91. The third-order valence-electron chi connectivity index (χ3n) is 3.92. The van der Waals surface area contributed by atoms with Crippen LogP contribution in [0.25, 0.3) is 11.1 Å². The lowest BCUT2D eigenvalue weighted by molar-refractivity contribution is -0.137. The number of aromatic nitrogens is 1. The number of rotatable bonds is 5. The fraction of sp³-hybridized carbons (Fsp3) is 0.438. The molecule has 0 saturated carbocycles. The number of carboxylic acids is 1. The van der Waals surface area contributed by atoms with Crippen molar-refractivity contribution >= 4 is 34.8 Å². The van der Waals surface area contributed by atoms with Gasteiger partial charge in [0.2, 0.25) is 0 Å². The van der Waals surface area contributed by atoms with Crippen molar-refractivity contribution in [3.8, 4) is 0 Å². The number of hydrogen-bond acceptors (Lipinski definition) is 6. The molecule has 0 aliphatic carbocycles. The van der Waals surface area contributed by atoms with Crippen LogP contribution in [0, 0.1) is 0 Å². The van der Waals surface area contributed by atoms with Crippen LogP contribution in [-0.2, 0) is 9.53 Å². The Morgan fingerprint density at radius 2 is 2.12 bits per heavy atom. The van der Waals surface area contributed by atoms with Crippen LogP contribution in [0.15, 0.2) is 22.6 Å². The van der Waals surface area contributed by atoms with E-state index in [-0.39, 0.29) is 19.0 Å². The normalized spacial score (nSPS) is 14.5. The second-order valence-electron chi connectivity index (χ2n) is 5.77. The number of nitrogens with one attached hydrogen (secondary N) is 1. The van der Waals surface area contributed by atoms with Crippen molar-refractivity contribution in [3.05, 3.63) is 18.2 Å². The summed E-state index contributed by atoms with van der Waals surface area (Å²) >= 11 is 0. The van der Waals surface area contributed by atoms with Gasteiger partial charge in [-0.3, -0.25) is 4.79 Å². The fourth-order valence-corrected chi connectivity index (χ4v) is 2.46. The van der Waals surface area contributed by atoms with Gasteiger partial charge in [-0.05, 0) is 12.1 Å². The molecule has 1 aliphatic rings. The van der Waals surface area contributed by atoms with E-state index >= 15 is 0 Å². The average Bonchev–Trinajstić information content (AvgIpc) is 3.03. The molecule has 1 saturated heterocycles. The van der Waals surface area contributed by atoms with Crippen LogP contribution >= 0.6 is 0 Å². The molecule has 0 unspecified atom stereocenters. The van der Waals surface area contributed by atoms with E-state index in [9.17, 15) is 9.59 Å². The molecule has 9 nitrogen and oxygen atoms in total. The molecule has 0 bridgehead atoms. The lowest BCUT2D eigenvalue weighted by atomic mass is 10.3. The van der Waals surface area contributed by atoms with E-state index < -0.39 is 5.97 Å².